The van der Waals surface area contributed by atoms with Crippen LogP contribution in [0.1, 0.15) is 18.4 Å². The summed E-state index contributed by atoms with van der Waals surface area (Å²) in [6.45, 7) is 2.40. The fourth-order valence-electron chi connectivity index (χ4n) is 3.15. The first kappa shape index (κ1) is 15.8. The lowest BCUT2D eigenvalue weighted by molar-refractivity contribution is 0.302. The number of benzene rings is 1. The zero-order chi connectivity index (χ0) is 16.2. The highest BCUT2D eigenvalue weighted by atomic mass is 19.2. The number of nitrogens with zero attached hydrogens (tertiary/aromatic N) is 4. The van der Waals surface area contributed by atoms with E-state index in [0.717, 1.165) is 37.3 Å². The second-order valence-electron chi connectivity index (χ2n) is 6.02. The smallest absolute Gasteiger partial charge is 0.159 e. The van der Waals surface area contributed by atoms with E-state index in [9.17, 15) is 8.78 Å². The Kier molecular flexibility index (Phi) is 4.81. The second-order valence-corrected chi connectivity index (χ2v) is 6.02. The van der Waals surface area contributed by atoms with E-state index in [4.69, 9.17) is 0 Å². The summed E-state index contributed by atoms with van der Waals surface area (Å²) in [7, 11) is 1.99. The van der Waals surface area contributed by atoms with Gasteiger partial charge >= 0.3 is 0 Å². The van der Waals surface area contributed by atoms with Crippen LogP contribution in [0.5, 0.6) is 0 Å². The molecule has 2 heterocycles. The summed E-state index contributed by atoms with van der Waals surface area (Å²) < 4.78 is 26.3. The van der Waals surface area contributed by atoms with Gasteiger partial charge in [0, 0.05) is 31.9 Å². The van der Waals surface area contributed by atoms with Crippen LogP contribution in [-0.4, -0.2) is 41.3 Å². The van der Waals surface area contributed by atoms with Crippen molar-refractivity contribution >= 4 is 5.82 Å². The summed E-state index contributed by atoms with van der Waals surface area (Å²) in [6.07, 6.45) is 3.89. The van der Waals surface area contributed by atoms with Crippen LogP contribution in [0.3, 0.4) is 0 Å². The molecule has 3 rings (SSSR count). The number of anilines is 1. The lowest BCUT2D eigenvalue weighted by Gasteiger charge is -2.29. The van der Waals surface area contributed by atoms with Gasteiger partial charge in [-0.05, 0) is 49.7 Å². The molecule has 1 aliphatic rings. The third-order valence-corrected chi connectivity index (χ3v) is 4.19. The van der Waals surface area contributed by atoms with Gasteiger partial charge < -0.3 is 9.80 Å². The summed E-state index contributed by atoms with van der Waals surface area (Å²) in [5, 5.41) is 8.14. The van der Waals surface area contributed by atoms with Crippen LogP contribution in [-0.2, 0) is 6.54 Å². The van der Waals surface area contributed by atoms with Gasteiger partial charge in [0.15, 0.2) is 17.5 Å². The molecule has 0 bridgehead atoms. The van der Waals surface area contributed by atoms with Crippen LogP contribution in [0.25, 0.3) is 0 Å². The van der Waals surface area contributed by atoms with E-state index in [2.05, 4.69) is 20.0 Å². The summed E-state index contributed by atoms with van der Waals surface area (Å²) >= 11 is 0. The fraction of sp³-hybridized carbons (Fsp3) is 0.412. The summed E-state index contributed by atoms with van der Waals surface area (Å²) in [5.74, 6) is -0.699. The first-order valence-corrected chi connectivity index (χ1v) is 7.80. The maximum absolute atomic E-state index is 13.3. The van der Waals surface area contributed by atoms with Crippen LogP contribution in [0.2, 0.25) is 0 Å². The molecule has 0 radical (unpaired) electrons. The molecule has 1 atom stereocenters. The summed E-state index contributed by atoms with van der Waals surface area (Å²) in [6, 6.07) is 8.30. The molecular weight excluding hydrogens is 298 g/mol. The molecule has 0 N–H and O–H groups in total. The average molecular weight is 318 g/mol. The number of likely N-dealkylation sites (N-methyl/N-ethyl adjacent to an activating group) is 1. The standard InChI is InChI=1S/C17H20F2N4/c1-22(11-13-6-7-15(18)16(19)10-13)12-14-4-3-9-23(14)17-5-2-8-20-21-17/h2,5-8,10,14H,3-4,9,11-12H2,1H3. The molecule has 0 amide bonds. The molecule has 0 aliphatic carbocycles. The number of aromatic nitrogens is 2. The Bertz CT molecular complexity index is 650. The van der Waals surface area contributed by atoms with E-state index < -0.39 is 11.6 Å². The van der Waals surface area contributed by atoms with Gasteiger partial charge in [-0.15, -0.1) is 5.10 Å². The molecule has 122 valence electrons. The largest absolute Gasteiger partial charge is 0.351 e. The van der Waals surface area contributed by atoms with Crippen molar-refractivity contribution in [1.29, 1.82) is 0 Å². The van der Waals surface area contributed by atoms with Crippen molar-refractivity contribution in [3.05, 3.63) is 53.7 Å². The Morgan fingerprint density at radius 3 is 2.87 bits per heavy atom. The van der Waals surface area contributed by atoms with Crippen LogP contribution < -0.4 is 4.90 Å². The van der Waals surface area contributed by atoms with Crippen molar-refractivity contribution < 1.29 is 8.78 Å². The van der Waals surface area contributed by atoms with Gasteiger partial charge in [0.05, 0.1) is 0 Å². The van der Waals surface area contributed by atoms with Crippen LogP contribution in [0.4, 0.5) is 14.6 Å². The van der Waals surface area contributed by atoms with E-state index in [1.807, 2.05) is 19.2 Å². The Morgan fingerprint density at radius 1 is 1.26 bits per heavy atom. The minimum atomic E-state index is -0.805. The monoisotopic (exact) mass is 318 g/mol. The lowest BCUT2D eigenvalue weighted by Crippen LogP contribution is -2.39. The minimum Gasteiger partial charge on any atom is -0.351 e. The highest BCUT2D eigenvalue weighted by Crippen LogP contribution is 2.24. The van der Waals surface area contributed by atoms with Crippen LogP contribution >= 0.6 is 0 Å². The normalized spacial score (nSPS) is 17.9. The molecule has 0 saturated carbocycles. The van der Waals surface area contributed by atoms with Crippen molar-refractivity contribution in [2.75, 3.05) is 25.0 Å². The third kappa shape index (κ3) is 3.82. The van der Waals surface area contributed by atoms with Crippen LogP contribution in [0.15, 0.2) is 36.5 Å². The quantitative estimate of drug-likeness (QED) is 0.848. The Hall–Kier alpha value is -2.08. The van der Waals surface area contributed by atoms with Crippen molar-refractivity contribution in [2.24, 2.45) is 0 Å². The van der Waals surface area contributed by atoms with Crippen molar-refractivity contribution in [3.63, 3.8) is 0 Å². The maximum Gasteiger partial charge on any atom is 0.159 e. The molecule has 1 aromatic heterocycles. The minimum absolute atomic E-state index is 0.363. The van der Waals surface area contributed by atoms with Crippen molar-refractivity contribution in [1.82, 2.24) is 15.1 Å². The molecule has 0 spiro atoms. The fourth-order valence-corrected chi connectivity index (χ4v) is 3.15. The highest BCUT2D eigenvalue weighted by molar-refractivity contribution is 5.39. The molecule has 4 nitrogen and oxygen atoms in total. The Balaban J connectivity index is 1.62. The average Bonchev–Trinajstić information content (AvgIpc) is 3.00. The van der Waals surface area contributed by atoms with Gasteiger partial charge in [0.25, 0.3) is 0 Å². The van der Waals surface area contributed by atoms with E-state index in [1.165, 1.54) is 12.1 Å². The third-order valence-electron chi connectivity index (χ3n) is 4.19. The molecule has 1 saturated heterocycles. The number of rotatable bonds is 5. The molecule has 1 aliphatic heterocycles. The van der Waals surface area contributed by atoms with E-state index >= 15 is 0 Å². The molecule has 1 fully saturated rings. The van der Waals surface area contributed by atoms with E-state index in [-0.39, 0.29) is 0 Å². The molecule has 1 unspecified atom stereocenters. The number of halogens is 2. The first-order valence-electron chi connectivity index (χ1n) is 7.80. The van der Waals surface area contributed by atoms with Gasteiger partial charge in [0.1, 0.15) is 0 Å². The SMILES string of the molecule is CN(Cc1ccc(F)c(F)c1)CC1CCCN1c1cccnn1. The molecule has 1 aromatic carbocycles. The van der Waals surface area contributed by atoms with Gasteiger partial charge in [-0.2, -0.15) is 5.10 Å². The second kappa shape index (κ2) is 7.00. The zero-order valence-electron chi connectivity index (χ0n) is 13.1. The number of hydrogen-bond donors (Lipinski definition) is 0. The number of hydrogen-bond acceptors (Lipinski definition) is 4. The highest BCUT2D eigenvalue weighted by Gasteiger charge is 2.26. The summed E-state index contributed by atoms with van der Waals surface area (Å²) in [5.41, 5.74) is 0.774. The van der Waals surface area contributed by atoms with Gasteiger partial charge in [-0.25, -0.2) is 8.78 Å². The topological polar surface area (TPSA) is 32.3 Å². The van der Waals surface area contributed by atoms with Gasteiger partial charge in [0.2, 0.25) is 0 Å². The maximum atomic E-state index is 13.3. The Morgan fingerprint density at radius 2 is 2.13 bits per heavy atom. The first-order chi connectivity index (χ1) is 11.1. The van der Waals surface area contributed by atoms with Crippen molar-refractivity contribution in [3.8, 4) is 0 Å². The Labute approximate surface area is 134 Å². The molecule has 6 heteroatoms. The van der Waals surface area contributed by atoms with Gasteiger partial charge in [-0.3, -0.25) is 0 Å². The van der Waals surface area contributed by atoms with Crippen molar-refractivity contribution in [2.45, 2.75) is 25.4 Å². The van der Waals surface area contributed by atoms with E-state index in [0.29, 0.717) is 12.6 Å². The molecule has 23 heavy (non-hydrogen) atoms. The predicted molar refractivity (Wildman–Crippen MR) is 85.1 cm³/mol. The molecule has 2 aromatic rings. The van der Waals surface area contributed by atoms with Gasteiger partial charge in [-0.1, -0.05) is 6.07 Å². The summed E-state index contributed by atoms with van der Waals surface area (Å²) in [4.78, 5) is 4.40. The van der Waals surface area contributed by atoms with Crippen LogP contribution in [0, 0.1) is 11.6 Å². The predicted octanol–water partition coefficient (Wildman–Crippen LogP) is 2.86. The zero-order valence-corrected chi connectivity index (χ0v) is 13.1. The lowest BCUT2D eigenvalue weighted by atomic mass is 10.1. The molecular formula is C17H20F2N4. The van der Waals surface area contributed by atoms with E-state index in [1.54, 1.807) is 12.3 Å².